The van der Waals surface area contributed by atoms with Crippen LogP contribution in [-0.2, 0) is 10.0 Å². The first kappa shape index (κ1) is 14.3. The summed E-state index contributed by atoms with van der Waals surface area (Å²) in [6.07, 6.45) is 1.12. The van der Waals surface area contributed by atoms with Gasteiger partial charge in [0.25, 0.3) is 0 Å². The first-order valence-corrected chi connectivity index (χ1v) is 8.01. The standard InChI is InChI=1S/C14H22N2O2S/c1-9-5-6-13(15)11(3)14(9)19(17,18)16(4)8-12-7-10(12)2/h5-6,10,12H,7-8,15H2,1-4H3. The lowest BCUT2D eigenvalue weighted by molar-refractivity contribution is 0.444. The molecule has 0 aromatic heterocycles. The maximum absolute atomic E-state index is 12.7. The maximum atomic E-state index is 12.7. The molecule has 0 bridgehead atoms. The third-order valence-electron chi connectivity index (χ3n) is 4.08. The SMILES string of the molecule is Cc1ccc(N)c(C)c1S(=O)(=O)N(C)CC1CC1C. The zero-order chi connectivity index (χ0) is 14.4. The molecule has 1 aromatic rings. The van der Waals surface area contributed by atoms with E-state index in [0.717, 1.165) is 12.0 Å². The Morgan fingerprint density at radius 1 is 1.37 bits per heavy atom. The van der Waals surface area contributed by atoms with Crippen LogP contribution in [0.2, 0.25) is 0 Å². The molecule has 2 rings (SSSR count). The van der Waals surface area contributed by atoms with E-state index in [4.69, 9.17) is 5.73 Å². The maximum Gasteiger partial charge on any atom is 0.243 e. The van der Waals surface area contributed by atoms with E-state index in [-0.39, 0.29) is 0 Å². The van der Waals surface area contributed by atoms with Gasteiger partial charge in [-0.25, -0.2) is 12.7 Å². The molecule has 0 aliphatic heterocycles. The number of hydrogen-bond donors (Lipinski definition) is 1. The van der Waals surface area contributed by atoms with Crippen LogP contribution in [0.4, 0.5) is 5.69 Å². The summed E-state index contributed by atoms with van der Waals surface area (Å²) >= 11 is 0. The third-order valence-corrected chi connectivity index (χ3v) is 6.19. The molecule has 1 aliphatic carbocycles. The van der Waals surface area contributed by atoms with Crippen LogP contribution in [0.3, 0.4) is 0 Å². The van der Waals surface area contributed by atoms with Gasteiger partial charge in [-0.3, -0.25) is 0 Å². The molecule has 2 atom stereocenters. The van der Waals surface area contributed by atoms with Crippen LogP contribution < -0.4 is 5.73 Å². The van der Waals surface area contributed by atoms with E-state index in [1.807, 2.05) is 6.92 Å². The van der Waals surface area contributed by atoms with E-state index in [1.165, 1.54) is 4.31 Å². The van der Waals surface area contributed by atoms with Crippen LogP contribution in [0, 0.1) is 25.7 Å². The molecule has 0 spiro atoms. The van der Waals surface area contributed by atoms with E-state index in [2.05, 4.69) is 6.92 Å². The fourth-order valence-electron chi connectivity index (χ4n) is 2.48. The van der Waals surface area contributed by atoms with Crippen molar-refractivity contribution in [1.29, 1.82) is 0 Å². The number of rotatable bonds is 4. The zero-order valence-electron chi connectivity index (χ0n) is 12.0. The molecule has 106 valence electrons. The van der Waals surface area contributed by atoms with Crippen molar-refractivity contribution in [3.8, 4) is 0 Å². The molecule has 2 unspecified atom stereocenters. The Kier molecular flexibility index (Phi) is 3.62. The van der Waals surface area contributed by atoms with Crippen LogP contribution >= 0.6 is 0 Å². The molecule has 0 heterocycles. The highest BCUT2D eigenvalue weighted by molar-refractivity contribution is 7.89. The highest BCUT2D eigenvalue weighted by Gasteiger charge is 2.36. The Morgan fingerprint density at radius 2 is 1.95 bits per heavy atom. The molecule has 1 saturated carbocycles. The van der Waals surface area contributed by atoms with E-state index in [1.54, 1.807) is 26.1 Å². The van der Waals surface area contributed by atoms with Gasteiger partial charge in [-0.2, -0.15) is 0 Å². The van der Waals surface area contributed by atoms with Crippen LogP contribution in [0.1, 0.15) is 24.5 Å². The summed E-state index contributed by atoms with van der Waals surface area (Å²) in [4.78, 5) is 0.364. The molecule has 2 N–H and O–H groups in total. The molecule has 1 aromatic carbocycles. The van der Waals surface area contributed by atoms with Gasteiger partial charge in [0.1, 0.15) is 0 Å². The minimum atomic E-state index is -3.45. The Labute approximate surface area is 115 Å². The van der Waals surface area contributed by atoms with Crippen LogP contribution in [0.5, 0.6) is 0 Å². The fourth-order valence-corrected chi connectivity index (χ4v) is 4.16. The highest BCUT2D eigenvalue weighted by atomic mass is 32.2. The molecule has 4 nitrogen and oxygen atoms in total. The second kappa shape index (κ2) is 4.80. The molecule has 19 heavy (non-hydrogen) atoms. The summed E-state index contributed by atoms with van der Waals surface area (Å²) in [6, 6.07) is 3.52. The van der Waals surface area contributed by atoms with Crippen molar-refractivity contribution in [3.05, 3.63) is 23.3 Å². The monoisotopic (exact) mass is 282 g/mol. The third kappa shape index (κ3) is 2.62. The van der Waals surface area contributed by atoms with Crippen molar-refractivity contribution in [2.45, 2.75) is 32.1 Å². The van der Waals surface area contributed by atoms with Gasteiger partial charge >= 0.3 is 0 Å². The van der Waals surface area contributed by atoms with Gasteiger partial charge in [-0.1, -0.05) is 13.0 Å². The lowest BCUT2D eigenvalue weighted by Crippen LogP contribution is -2.30. The number of hydrogen-bond acceptors (Lipinski definition) is 3. The van der Waals surface area contributed by atoms with Crippen LogP contribution in [-0.4, -0.2) is 26.3 Å². The average Bonchev–Trinajstić information content (AvgIpc) is 3.00. The minimum Gasteiger partial charge on any atom is -0.398 e. The second-order valence-corrected chi connectivity index (χ2v) is 7.67. The first-order chi connectivity index (χ1) is 8.75. The number of nitrogen functional groups attached to an aromatic ring is 1. The lowest BCUT2D eigenvalue weighted by atomic mass is 10.1. The van der Waals surface area contributed by atoms with Gasteiger partial charge in [-0.05, 0) is 49.3 Å². The molecular weight excluding hydrogens is 260 g/mol. The topological polar surface area (TPSA) is 63.4 Å². The Hall–Kier alpha value is -1.07. The number of anilines is 1. The van der Waals surface area contributed by atoms with Gasteiger partial charge in [0.2, 0.25) is 10.0 Å². The fraction of sp³-hybridized carbons (Fsp3) is 0.571. The second-order valence-electron chi connectivity index (χ2n) is 5.68. The van der Waals surface area contributed by atoms with Crippen LogP contribution in [0.25, 0.3) is 0 Å². The molecule has 5 heteroatoms. The summed E-state index contributed by atoms with van der Waals surface area (Å²) in [6.45, 7) is 6.33. The van der Waals surface area contributed by atoms with E-state index in [0.29, 0.717) is 34.5 Å². The average molecular weight is 282 g/mol. The van der Waals surface area contributed by atoms with Gasteiger partial charge in [0.05, 0.1) is 4.90 Å². The van der Waals surface area contributed by atoms with E-state index < -0.39 is 10.0 Å². The predicted octanol–water partition coefficient (Wildman–Crippen LogP) is 2.16. The predicted molar refractivity (Wildman–Crippen MR) is 77.4 cm³/mol. The van der Waals surface area contributed by atoms with Crippen molar-refractivity contribution < 1.29 is 8.42 Å². The Morgan fingerprint density at radius 3 is 2.47 bits per heavy atom. The van der Waals surface area contributed by atoms with Crippen molar-refractivity contribution in [2.24, 2.45) is 11.8 Å². The van der Waals surface area contributed by atoms with Crippen molar-refractivity contribution >= 4 is 15.7 Å². The van der Waals surface area contributed by atoms with Gasteiger partial charge < -0.3 is 5.73 Å². The van der Waals surface area contributed by atoms with E-state index >= 15 is 0 Å². The van der Waals surface area contributed by atoms with Crippen molar-refractivity contribution in [2.75, 3.05) is 19.3 Å². The molecule has 0 amide bonds. The summed E-state index contributed by atoms with van der Waals surface area (Å²) in [5.41, 5.74) is 7.77. The first-order valence-electron chi connectivity index (χ1n) is 6.57. The zero-order valence-corrected chi connectivity index (χ0v) is 12.8. The van der Waals surface area contributed by atoms with Crippen molar-refractivity contribution in [1.82, 2.24) is 4.31 Å². The number of nitrogens with zero attached hydrogens (tertiary/aromatic N) is 1. The van der Waals surface area contributed by atoms with Gasteiger partial charge in [-0.15, -0.1) is 0 Å². The summed E-state index contributed by atoms with van der Waals surface area (Å²) in [5.74, 6) is 1.14. The minimum absolute atomic E-state index is 0.364. The molecule has 0 radical (unpaired) electrons. The number of aryl methyl sites for hydroxylation is 1. The highest BCUT2D eigenvalue weighted by Crippen LogP contribution is 2.39. The largest absolute Gasteiger partial charge is 0.398 e. The molecular formula is C14H22N2O2S. The molecule has 0 saturated heterocycles. The normalized spacial score (nSPS) is 22.8. The quantitative estimate of drug-likeness (QED) is 0.861. The number of benzene rings is 1. The summed E-state index contributed by atoms with van der Waals surface area (Å²) in [7, 11) is -1.79. The van der Waals surface area contributed by atoms with Gasteiger partial charge in [0, 0.05) is 19.3 Å². The van der Waals surface area contributed by atoms with E-state index in [9.17, 15) is 8.42 Å². The summed E-state index contributed by atoms with van der Waals surface area (Å²) < 4.78 is 26.8. The Balaban J connectivity index is 2.36. The molecule has 1 fully saturated rings. The smallest absolute Gasteiger partial charge is 0.243 e. The van der Waals surface area contributed by atoms with Gasteiger partial charge in [0.15, 0.2) is 0 Å². The number of sulfonamides is 1. The van der Waals surface area contributed by atoms with Crippen molar-refractivity contribution in [3.63, 3.8) is 0 Å². The Bertz CT molecular complexity index is 596. The molecule has 1 aliphatic rings. The lowest BCUT2D eigenvalue weighted by Gasteiger charge is -2.20. The van der Waals surface area contributed by atoms with Crippen LogP contribution in [0.15, 0.2) is 17.0 Å². The number of nitrogens with two attached hydrogens (primary N) is 1. The summed E-state index contributed by atoms with van der Waals surface area (Å²) in [5, 5.41) is 0.